The molecule has 4 rings (SSSR count). The molecule has 1 atom stereocenters. The molecule has 1 fully saturated rings. The summed E-state index contributed by atoms with van der Waals surface area (Å²) in [6, 6.07) is 6.87. The Kier molecular flexibility index (Phi) is 5.37. The molecule has 1 amide bonds. The van der Waals surface area contributed by atoms with Crippen molar-refractivity contribution in [2.24, 2.45) is 0 Å². The highest BCUT2D eigenvalue weighted by Crippen LogP contribution is 2.37. The van der Waals surface area contributed by atoms with Gasteiger partial charge in [-0.05, 0) is 57.4 Å². The van der Waals surface area contributed by atoms with E-state index in [0.717, 1.165) is 49.4 Å². The second kappa shape index (κ2) is 7.97. The Hall–Kier alpha value is -3.09. The Bertz CT molecular complexity index is 1020. The second-order valence-corrected chi connectivity index (χ2v) is 8.01. The predicted molar refractivity (Wildman–Crippen MR) is 114 cm³/mol. The summed E-state index contributed by atoms with van der Waals surface area (Å²) in [5, 5.41) is 2.89. The molecule has 3 heterocycles. The summed E-state index contributed by atoms with van der Waals surface area (Å²) in [5.74, 6) is -0.834. The van der Waals surface area contributed by atoms with Crippen molar-refractivity contribution in [1.29, 1.82) is 0 Å². The number of aromatic nitrogens is 1. The Morgan fingerprint density at radius 2 is 2.03 bits per heavy atom. The van der Waals surface area contributed by atoms with Crippen molar-refractivity contribution in [2.75, 3.05) is 23.4 Å². The number of carbonyl (C=O) groups excluding carboxylic acids is 3. The van der Waals surface area contributed by atoms with Crippen LogP contribution in [0.25, 0.3) is 0 Å². The standard InChI is InChI=1S/C23H27N3O4/c1-4-9-25-14(2)11-17(15(25)3)21(27)13-30-23(29)16-7-8-19-18(12-16)24-22(28)20-6-5-10-26(19)20/h7-8,11-12,20H,4-6,9-10,13H2,1-3H3,(H,24,28)/t20-/m0/s1. The molecule has 158 valence electrons. The van der Waals surface area contributed by atoms with Crippen LogP contribution in [0.2, 0.25) is 0 Å². The summed E-state index contributed by atoms with van der Waals surface area (Å²) in [5.41, 5.74) is 4.36. The molecule has 0 bridgehead atoms. The lowest BCUT2D eigenvalue weighted by molar-refractivity contribution is -0.117. The van der Waals surface area contributed by atoms with Crippen molar-refractivity contribution < 1.29 is 19.1 Å². The number of Topliss-reactive ketones (excluding diaryl/α,β-unsaturated/α-hetero) is 1. The molecule has 0 spiro atoms. The normalized spacial score (nSPS) is 17.4. The largest absolute Gasteiger partial charge is 0.454 e. The molecule has 1 aromatic heterocycles. The molecular weight excluding hydrogens is 382 g/mol. The number of rotatable bonds is 6. The number of benzene rings is 1. The minimum Gasteiger partial charge on any atom is -0.454 e. The molecule has 0 radical (unpaired) electrons. The second-order valence-electron chi connectivity index (χ2n) is 8.01. The molecular formula is C23H27N3O4. The van der Waals surface area contributed by atoms with Crippen LogP contribution < -0.4 is 10.2 Å². The average molecular weight is 409 g/mol. The van der Waals surface area contributed by atoms with Gasteiger partial charge in [0.15, 0.2) is 6.61 Å². The van der Waals surface area contributed by atoms with Gasteiger partial charge in [0.25, 0.3) is 0 Å². The van der Waals surface area contributed by atoms with Gasteiger partial charge in [0.2, 0.25) is 11.7 Å². The first kappa shape index (κ1) is 20.2. The van der Waals surface area contributed by atoms with Gasteiger partial charge in [-0.3, -0.25) is 9.59 Å². The van der Waals surface area contributed by atoms with Crippen LogP contribution in [0.3, 0.4) is 0 Å². The molecule has 7 nitrogen and oxygen atoms in total. The van der Waals surface area contributed by atoms with Gasteiger partial charge in [0.1, 0.15) is 6.04 Å². The van der Waals surface area contributed by atoms with Gasteiger partial charge in [-0.1, -0.05) is 6.92 Å². The predicted octanol–water partition coefficient (Wildman–Crippen LogP) is 3.48. The number of aryl methyl sites for hydroxylation is 1. The quantitative estimate of drug-likeness (QED) is 0.584. The zero-order valence-electron chi connectivity index (χ0n) is 17.7. The molecule has 1 N–H and O–H groups in total. The number of hydrogen-bond acceptors (Lipinski definition) is 5. The molecule has 0 unspecified atom stereocenters. The van der Waals surface area contributed by atoms with E-state index in [0.29, 0.717) is 16.8 Å². The van der Waals surface area contributed by atoms with E-state index < -0.39 is 5.97 Å². The van der Waals surface area contributed by atoms with Crippen LogP contribution in [0.15, 0.2) is 24.3 Å². The van der Waals surface area contributed by atoms with Crippen LogP contribution in [0.1, 0.15) is 58.3 Å². The maximum atomic E-state index is 12.6. The Balaban J connectivity index is 1.45. The van der Waals surface area contributed by atoms with Crippen molar-refractivity contribution >= 4 is 29.0 Å². The summed E-state index contributed by atoms with van der Waals surface area (Å²) in [7, 11) is 0. The first-order chi connectivity index (χ1) is 14.4. The maximum Gasteiger partial charge on any atom is 0.338 e. The number of nitrogens with one attached hydrogen (secondary N) is 1. The third kappa shape index (κ3) is 3.49. The third-order valence-corrected chi connectivity index (χ3v) is 6.01. The van der Waals surface area contributed by atoms with Crippen molar-refractivity contribution in [2.45, 2.75) is 52.6 Å². The molecule has 1 saturated heterocycles. The van der Waals surface area contributed by atoms with Crippen LogP contribution in [0, 0.1) is 13.8 Å². The van der Waals surface area contributed by atoms with Gasteiger partial charge >= 0.3 is 5.97 Å². The van der Waals surface area contributed by atoms with Crippen LogP contribution in [0.5, 0.6) is 0 Å². The first-order valence-electron chi connectivity index (χ1n) is 10.5. The van der Waals surface area contributed by atoms with E-state index in [1.54, 1.807) is 12.1 Å². The van der Waals surface area contributed by atoms with Crippen LogP contribution in [-0.4, -0.2) is 41.4 Å². The fourth-order valence-corrected chi connectivity index (χ4v) is 4.50. The number of ether oxygens (including phenoxy) is 1. The van der Waals surface area contributed by atoms with E-state index in [1.165, 1.54) is 0 Å². The number of fused-ring (bicyclic) bond motifs is 3. The number of anilines is 2. The minimum atomic E-state index is -0.577. The van der Waals surface area contributed by atoms with Crippen LogP contribution in [0.4, 0.5) is 11.4 Å². The summed E-state index contributed by atoms with van der Waals surface area (Å²) < 4.78 is 7.39. The van der Waals surface area contributed by atoms with E-state index in [1.807, 2.05) is 26.0 Å². The van der Waals surface area contributed by atoms with E-state index >= 15 is 0 Å². The van der Waals surface area contributed by atoms with Crippen LogP contribution in [-0.2, 0) is 16.1 Å². The number of amides is 1. The highest BCUT2D eigenvalue weighted by Gasteiger charge is 2.36. The lowest BCUT2D eigenvalue weighted by Crippen LogP contribution is -2.43. The van der Waals surface area contributed by atoms with Crippen molar-refractivity contribution in [3.63, 3.8) is 0 Å². The smallest absolute Gasteiger partial charge is 0.338 e. The van der Waals surface area contributed by atoms with Gasteiger partial charge < -0.3 is 19.5 Å². The zero-order valence-corrected chi connectivity index (χ0v) is 17.7. The van der Waals surface area contributed by atoms with Gasteiger partial charge in [0.05, 0.1) is 16.9 Å². The molecule has 0 saturated carbocycles. The molecule has 7 heteroatoms. The Morgan fingerprint density at radius 3 is 2.80 bits per heavy atom. The Morgan fingerprint density at radius 1 is 1.23 bits per heavy atom. The van der Waals surface area contributed by atoms with Gasteiger partial charge in [-0.15, -0.1) is 0 Å². The van der Waals surface area contributed by atoms with Crippen molar-refractivity contribution in [3.05, 3.63) is 46.8 Å². The fourth-order valence-electron chi connectivity index (χ4n) is 4.50. The van der Waals surface area contributed by atoms with E-state index in [4.69, 9.17) is 4.74 Å². The highest BCUT2D eigenvalue weighted by molar-refractivity contribution is 6.06. The SMILES string of the molecule is CCCn1c(C)cc(C(=O)COC(=O)c2ccc3c(c2)NC(=O)[C@@H]2CCCN32)c1C. The van der Waals surface area contributed by atoms with Gasteiger partial charge in [-0.25, -0.2) is 4.79 Å². The molecule has 30 heavy (non-hydrogen) atoms. The van der Waals surface area contributed by atoms with Crippen LogP contribution >= 0.6 is 0 Å². The lowest BCUT2D eigenvalue weighted by Gasteiger charge is -2.33. The summed E-state index contributed by atoms with van der Waals surface area (Å²) in [4.78, 5) is 39.5. The first-order valence-corrected chi connectivity index (χ1v) is 10.5. The monoisotopic (exact) mass is 409 g/mol. The van der Waals surface area contributed by atoms with E-state index in [9.17, 15) is 14.4 Å². The molecule has 2 aliphatic rings. The van der Waals surface area contributed by atoms with E-state index in [-0.39, 0.29) is 24.3 Å². The molecule has 2 aliphatic heterocycles. The summed E-state index contributed by atoms with van der Waals surface area (Å²) in [6.07, 6.45) is 2.80. The summed E-state index contributed by atoms with van der Waals surface area (Å²) >= 11 is 0. The minimum absolute atomic E-state index is 0.0388. The molecule has 2 aromatic rings. The Labute approximate surface area is 176 Å². The highest BCUT2D eigenvalue weighted by atomic mass is 16.5. The number of carbonyl (C=O) groups is 3. The summed E-state index contributed by atoms with van der Waals surface area (Å²) in [6.45, 7) is 7.34. The third-order valence-electron chi connectivity index (χ3n) is 6.01. The average Bonchev–Trinajstić information content (AvgIpc) is 3.33. The van der Waals surface area contributed by atoms with Gasteiger partial charge in [0, 0.05) is 30.0 Å². The van der Waals surface area contributed by atoms with Crippen molar-refractivity contribution in [3.8, 4) is 0 Å². The lowest BCUT2D eigenvalue weighted by atomic mass is 10.1. The van der Waals surface area contributed by atoms with Gasteiger partial charge in [-0.2, -0.15) is 0 Å². The number of esters is 1. The maximum absolute atomic E-state index is 12.6. The van der Waals surface area contributed by atoms with Crippen molar-refractivity contribution in [1.82, 2.24) is 4.57 Å². The molecule has 0 aliphatic carbocycles. The molecule has 1 aromatic carbocycles. The topological polar surface area (TPSA) is 80.6 Å². The number of nitrogens with zero attached hydrogens (tertiary/aromatic N) is 2. The van der Waals surface area contributed by atoms with E-state index in [2.05, 4.69) is 21.7 Å². The fraction of sp³-hybridized carbons (Fsp3) is 0.435. The zero-order chi connectivity index (χ0) is 21.4. The number of ketones is 1. The number of hydrogen-bond donors (Lipinski definition) is 1.